The van der Waals surface area contributed by atoms with Gasteiger partial charge in [0.25, 0.3) is 0 Å². The van der Waals surface area contributed by atoms with Gasteiger partial charge in [-0.05, 0) is 53.9 Å². The van der Waals surface area contributed by atoms with Gasteiger partial charge < -0.3 is 10.6 Å². The third-order valence-electron chi connectivity index (χ3n) is 3.06. The number of benzene rings is 1. The number of halogens is 1. The summed E-state index contributed by atoms with van der Waals surface area (Å²) in [5.41, 5.74) is 1.98. The van der Waals surface area contributed by atoms with E-state index in [1.165, 1.54) is 6.42 Å². The summed E-state index contributed by atoms with van der Waals surface area (Å²) in [5.74, 6) is 0.0794. The highest BCUT2D eigenvalue weighted by Gasteiger charge is 2.18. The van der Waals surface area contributed by atoms with Crippen molar-refractivity contribution in [3.63, 3.8) is 0 Å². The quantitative estimate of drug-likeness (QED) is 0.900. The van der Waals surface area contributed by atoms with Gasteiger partial charge >= 0.3 is 0 Å². The Labute approximate surface area is 110 Å². The van der Waals surface area contributed by atoms with Crippen LogP contribution in [0.4, 0.5) is 5.69 Å². The molecule has 0 radical (unpaired) electrons. The van der Waals surface area contributed by atoms with E-state index < -0.39 is 0 Å². The van der Waals surface area contributed by atoms with Gasteiger partial charge in [-0.25, -0.2) is 0 Å². The van der Waals surface area contributed by atoms with Crippen molar-refractivity contribution in [2.75, 3.05) is 11.9 Å². The van der Waals surface area contributed by atoms with Crippen molar-refractivity contribution in [3.05, 3.63) is 28.2 Å². The number of hydrogen-bond donors (Lipinski definition) is 2. The normalized spacial score (nSPS) is 19.3. The minimum atomic E-state index is 0.0794. The molecule has 4 heteroatoms. The highest BCUT2D eigenvalue weighted by Crippen LogP contribution is 2.26. The van der Waals surface area contributed by atoms with Crippen LogP contribution in [-0.2, 0) is 4.79 Å². The number of carbonyl (C=O) groups is 1. The van der Waals surface area contributed by atoms with Crippen LogP contribution in [0.25, 0.3) is 0 Å². The SMILES string of the molecule is Cc1cccc(NC(=O)CC2CCCN2)c1Br. The Balaban J connectivity index is 1.95. The lowest BCUT2D eigenvalue weighted by molar-refractivity contribution is -0.116. The highest BCUT2D eigenvalue weighted by molar-refractivity contribution is 9.10. The Hall–Kier alpha value is -0.870. The molecule has 2 N–H and O–H groups in total. The first kappa shape index (κ1) is 12.6. The van der Waals surface area contributed by atoms with Crippen molar-refractivity contribution in [1.29, 1.82) is 0 Å². The molecular formula is C13H17BrN2O. The van der Waals surface area contributed by atoms with Crippen LogP contribution in [0.2, 0.25) is 0 Å². The van der Waals surface area contributed by atoms with E-state index in [4.69, 9.17) is 0 Å². The molecule has 1 saturated heterocycles. The van der Waals surface area contributed by atoms with Gasteiger partial charge in [0.2, 0.25) is 5.91 Å². The molecule has 1 atom stereocenters. The van der Waals surface area contributed by atoms with Crippen LogP contribution >= 0.6 is 15.9 Å². The van der Waals surface area contributed by atoms with Gasteiger partial charge in [0.05, 0.1) is 5.69 Å². The van der Waals surface area contributed by atoms with Crippen LogP contribution in [0, 0.1) is 6.92 Å². The monoisotopic (exact) mass is 296 g/mol. The molecule has 1 heterocycles. The van der Waals surface area contributed by atoms with Crippen LogP contribution in [0.1, 0.15) is 24.8 Å². The molecule has 92 valence electrons. The van der Waals surface area contributed by atoms with Gasteiger partial charge in [-0.1, -0.05) is 12.1 Å². The molecule has 0 spiro atoms. The van der Waals surface area contributed by atoms with Crippen molar-refractivity contribution in [3.8, 4) is 0 Å². The summed E-state index contributed by atoms with van der Waals surface area (Å²) in [6, 6.07) is 6.22. The molecular weight excluding hydrogens is 280 g/mol. The van der Waals surface area contributed by atoms with Gasteiger partial charge in [-0.15, -0.1) is 0 Å². The minimum Gasteiger partial charge on any atom is -0.325 e. The second kappa shape index (κ2) is 5.65. The summed E-state index contributed by atoms with van der Waals surface area (Å²) in [6.07, 6.45) is 2.83. The zero-order chi connectivity index (χ0) is 12.3. The van der Waals surface area contributed by atoms with Crippen LogP contribution in [0.15, 0.2) is 22.7 Å². The summed E-state index contributed by atoms with van der Waals surface area (Å²) in [4.78, 5) is 11.9. The fourth-order valence-corrected chi connectivity index (χ4v) is 2.46. The van der Waals surface area contributed by atoms with E-state index >= 15 is 0 Å². The first-order valence-electron chi connectivity index (χ1n) is 5.95. The van der Waals surface area contributed by atoms with E-state index in [9.17, 15) is 4.79 Å². The molecule has 1 aliphatic heterocycles. The molecule has 1 amide bonds. The van der Waals surface area contributed by atoms with Crippen molar-refractivity contribution in [2.24, 2.45) is 0 Å². The third-order valence-corrected chi connectivity index (χ3v) is 4.11. The summed E-state index contributed by atoms with van der Waals surface area (Å²) >= 11 is 3.49. The zero-order valence-corrected chi connectivity index (χ0v) is 11.5. The molecule has 1 aromatic carbocycles. The van der Waals surface area contributed by atoms with E-state index in [-0.39, 0.29) is 5.91 Å². The van der Waals surface area contributed by atoms with Crippen molar-refractivity contribution < 1.29 is 4.79 Å². The van der Waals surface area contributed by atoms with Crippen LogP contribution in [0.3, 0.4) is 0 Å². The van der Waals surface area contributed by atoms with Crippen molar-refractivity contribution >= 4 is 27.5 Å². The Bertz CT molecular complexity index is 414. The van der Waals surface area contributed by atoms with Crippen LogP contribution in [-0.4, -0.2) is 18.5 Å². The molecule has 1 fully saturated rings. The number of nitrogens with one attached hydrogen (secondary N) is 2. The molecule has 1 aromatic rings. The molecule has 2 rings (SSSR count). The lowest BCUT2D eigenvalue weighted by Crippen LogP contribution is -2.27. The van der Waals surface area contributed by atoms with Gasteiger partial charge in [0.15, 0.2) is 0 Å². The maximum Gasteiger partial charge on any atom is 0.225 e. The third kappa shape index (κ3) is 3.30. The average Bonchev–Trinajstić information content (AvgIpc) is 2.77. The first-order chi connectivity index (χ1) is 8.16. The molecule has 17 heavy (non-hydrogen) atoms. The Kier molecular flexibility index (Phi) is 4.18. The van der Waals surface area contributed by atoms with E-state index in [0.717, 1.165) is 28.7 Å². The summed E-state index contributed by atoms with van der Waals surface area (Å²) in [6.45, 7) is 3.05. The van der Waals surface area contributed by atoms with Gasteiger partial charge in [0, 0.05) is 16.9 Å². The number of anilines is 1. The smallest absolute Gasteiger partial charge is 0.225 e. The largest absolute Gasteiger partial charge is 0.325 e. The van der Waals surface area contributed by atoms with Gasteiger partial charge in [0.1, 0.15) is 0 Å². The molecule has 0 bridgehead atoms. The predicted octanol–water partition coefficient (Wildman–Crippen LogP) is 2.84. The second-order valence-corrected chi connectivity index (χ2v) is 5.28. The van der Waals surface area contributed by atoms with Crippen LogP contribution in [0.5, 0.6) is 0 Å². The summed E-state index contributed by atoms with van der Waals surface area (Å²) in [5, 5.41) is 6.28. The Morgan fingerprint density at radius 1 is 1.59 bits per heavy atom. The zero-order valence-electron chi connectivity index (χ0n) is 9.92. The molecule has 1 unspecified atom stereocenters. The lowest BCUT2D eigenvalue weighted by atomic mass is 10.1. The van der Waals surface area contributed by atoms with Crippen molar-refractivity contribution in [1.82, 2.24) is 5.32 Å². The predicted molar refractivity (Wildman–Crippen MR) is 73.2 cm³/mol. The van der Waals surface area contributed by atoms with Crippen molar-refractivity contribution in [2.45, 2.75) is 32.2 Å². The lowest BCUT2D eigenvalue weighted by Gasteiger charge is -2.12. The molecule has 0 aromatic heterocycles. The fraction of sp³-hybridized carbons (Fsp3) is 0.462. The minimum absolute atomic E-state index is 0.0794. The average molecular weight is 297 g/mol. The maximum atomic E-state index is 11.9. The molecule has 3 nitrogen and oxygen atoms in total. The van der Waals surface area contributed by atoms with E-state index in [0.29, 0.717) is 12.5 Å². The Morgan fingerprint density at radius 3 is 3.12 bits per heavy atom. The van der Waals surface area contributed by atoms with E-state index in [2.05, 4.69) is 26.6 Å². The van der Waals surface area contributed by atoms with E-state index in [1.807, 2.05) is 25.1 Å². The molecule has 1 aliphatic rings. The molecule has 0 aliphatic carbocycles. The number of carbonyl (C=O) groups excluding carboxylic acids is 1. The topological polar surface area (TPSA) is 41.1 Å². The number of aryl methyl sites for hydroxylation is 1. The number of amides is 1. The second-order valence-electron chi connectivity index (χ2n) is 4.48. The maximum absolute atomic E-state index is 11.9. The number of hydrogen-bond acceptors (Lipinski definition) is 2. The first-order valence-corrected chi connectivity index (χ1v) is 6.74. The summed E-state index contributed by atoms with van der Waals surface area (Å²) in [7, 11) is 0. The van der Waals surface area contributed by atoms with Gasteiger partial charge in [-0.2, -0.15) is 0 Å². The standard InChI is InChI=1S/C13H17BrN2O/c1-9-4-2-6-11(13(9)14)16-12(17)8-10-5-3-7-15-10/h2,4,6,10,15H,3,5,7-8H2,1H3,(H,16,17). The highest BCUT2D eigenvalue weighted by atomic mass is 79.9. The molecule has 0 saturated carbocycles. The van der Waals surface area contributed by atoms with E-state index in [1.54, 1.807) is 0 Å². The number of rotatable bonds is 3. The fourth-order valence-electron chi connectivity index (χ4n) is 2.10. The van der Waals surface area contributed by atoms with Crippen LogP contribution < -0.4 is 10.6 Å². The van der Waals surface area contributed by atoms with Gasteiger partial charge in [-0.3, -0.25) is 4.79 Å². The summed E-state index contributed by atoms with van der Waals surface area (Å²) < 4.78 is 0.965. The Morgan fingerprint density at radius 2 is 2.41 bits per heavy atom.